The minimum absolute atomic E-state index is 0.354. The number of benzene rings is 4. The lowest BCUT2D eigenvalue weighted by Crippen LogP contribution is -2.16. The predicted molar refractivity (Wildman–Crippen MR) is 250 cm³/mol. The Balaban J connectivity index is 1.99. The first-order valence-corrected chi connectivity index (χ1v) is 32.2. The molecular weight excluding hydrogens is 1200 g/mol. The van der Waals surface area contributed by atoms with Gasteiger partial charge in [0.1, 0.15) is 48.8 Å². The molecule has 0 radical (unpaired) electrons. The van der Waals surface area contributed by atoms with E-state index in [1.54, 1.807) is 0 Å². The first-order valence-electron chi connectivity index (χ1n) is 18.8. The summed E-state index contributed by atoms with van der Waals surface area (Å²) in [7, 11) is -44.5. The molecule has 414 valence electrons. The molecule has 35 nitrogen and oxygen atoms in total. The third kappa shape index (κ3) is 17.8. The normalized spacial score (nSPS) is 13.8. The van der Waals surface area contributed by atoms with Crippen LogP contribution in [0.1, 0.15) is 0 Å². The molecule has 0 amide bonds. The standard InChI is InChI=1S/C31H34N8O27S9/c1-33-30-25(38-35-22-6-3-19(15-27(22)71(49,50)51)68(42,43)12-9-65-74(58,59)60)17-24(37-34-21-5-2-18(14-26(21)70(46,47)48)67(40,41)11-8-64-73(55,56)57)29(32)31(30)39-36-23-7-4-20(16-28(23)72(52,53)54)69(44,45)13-10-66-75(61,62)63/h2-7,14-17,33H,8-13,32H2,1H3,(H,46,47,48)(H,49,50,51)(H,52,53,54)(H,55,56,57)(H,58,59,60)(H,61,62,63)/b37-34+,38-35+,39-36+. The van der Waals surface area contributed by atoms with E-state index < -0.39 is 203 Å². The van der Waals surface area contributed by atoms with Crippen molar-refractivity contribution in [3.05, 3.63) is 60.7 Å². The second kappa shape index (κ2) is 23.0. The topological polar surface area (TPSA) is 569 Å². The summed E-state index contributed by atoms with van der Waals surface area (Å²) < 4.78 is 286. The molecule has 4 aromatic carbocycles. The highest BCUT2D eigenvalue weighted by atomic mass is 32.3. The predicted octanol–water partition coefficient (Wildman–Crippen LogP) is 2.08. The summed E-state index contributed by atoms with van der Waals surface area (Å²) in [6, 6.07) is 5.99. The van der Waals surface area contributed by atoms with Crippen LogP contribution in [-0.4, -0.2) is 147 Å². The van der Waals surface area contributed by atoms with Gasteiger partial charge in [0.05, 0.1) is 63.1 Å². The van der Waals surface area contributed by atoms with Gasteiger partial charge in [0, 0.05) is 7.05 Å². The van der Waals surface area contributed by atoms with E-state index >= 15 is 0 Å². The first kappa shape index (κ1) is 62.0. The lowest BCUT2D eigenvalue weighted by Gasteiger charge is -2.13. The van der Waals surface area contributed by atoms with Crippen LogP contribution in [0.2, 0.25) is 0 Å². The number of anilines is 2. The van der Waals surface area contributed by atoms with Gasteiger partial charge < -0.3 is 11.1 Å². The summed E-state index contributed by atoms with van der Waals surface area (Å²) in [5, 5.41) is 25.2. The molecule has 0 bridgehead atoms. The van der Waals surface area contributed by atoms with Gasteiger partial charge in [-0.15, -0.1) is 30.7 Å². The second-order valence-electron chi connectivity index (χ2n) is 13.9. The maximum absolute atomic E-state index is 12.9. The molecule has 4 rings (SSSR count). The van der Waals surface area contributed by atoms with Crippen LogP contribution in [-0.2, 0) is 104 Å². The number of azo groups is 3. The van der Waals surface area contributed by atoms with Gasteiger partial charge in [-0.3, -0.25) is 27.3 Å². The zero-order valence-corrected chi connectivity index (χ0v) is 44.1. The van der Waals surface area contributed by atoms with Crippen molar-refractivity contribution in [1.82, 2.24) is 0 Å². The van der Waals surface area contributed by atoms with Crippen LogP contribution in [0.15, 0.2) is 121 Å². The van der Waals surface area contributed by atoms with E-state index in [1.165, 1.54) is 0 Å². The molecule has 75 heavy (non-hydrogen) atoms. The van der Waals surface area contributed by atoms with Gasteiger partial charge in [0.2, 0.25) is 0 Å². The Morgan fingerprint density at radius 1 is 0.413 bits per heavy atom. The van der Waals surface area contributed by atoms with Crippen molar-refractivity contribution in [1.29, 1.82) is 0 Å². The highest BCUT2D eigenvalue weighted by Gasteiger charge is 2.27. The third-order valence-corrected chi connectivity index (χ3v) is 17.9. The van der Waals surface area contributed by atoms with Crippen LogP contribution < -0.4 is 11.1 Å². The van der Waals surface area contributed by atoms with Gasteiger partial charge in [-0.05, 0) is 60.7 Å². The lowest BCUT2D eigenvalue weighted by atomic mass is 10.1. The molecular formula is C31H34N8O27S9. The average Bonchev–Trinajstić information content (AvgIpc) is 3.24. The smallest absolute Gasteiger partial charge is 0.395 e. The molecule has 0 atom stereocenters. The highest BCUT2D eigenvalue weighted by molar-refractivity contribution is 7.92. The van der Waals surface area contributed by atoms with Crippen LogP contribution in [0.25, 0.3) is 0 Å². The fraction of sp³-hybridized carbons (Fsp3) is 0.226. The molecule has 0 heterocycles. The van der Waals surface area contributed by atoms with Gasteiger partial charge in [-0.25, -0.2) is 37.8 Å². The molecule has 0 saturated heterocycles. The maximum atomic E-state index is 12.9. The highest BCUT2D eigenvalue weighted by Crippen LogP contribution is 2.48. The zero-order valence-electron chi connectivity index (χ0n) is 36.7. The number of nitrogens with one attached hydrogen (secondary N) is 1. The summed E-state index contributed by atoms with van der Waals surface area (Å²) >= 11 is 0. The van der Waals surface area contributed by atoms with E-state index in [9.17, 15) is 89.4 Å². The number of hydrogen-bond acceptors (Lipinski definition) is 29. The minimum Gasteiger partial charge on any atom is -0.395 e. The van der Waals surface area contributed by atoms with E-state index in [-0.39, 0.29) is 0 Å². The molecule has 0 aromatic heterocycles. The van der Waals surface area contributed by atoms with Crippen molar-refractivity contribution in [3.63, 3.8) is 0 Å². The number of sulfone groups is 3. The Morgan fingerprint density at radius 3 is 0.973 bits per heavy atom. The summed E-state index contributed by atoms with van der Waals surface area (Å²) in [5.74, 6) is -3.51. The second-order valence-corrected chi connectivity index (χ2v) is 27.7. The van der Waals surface area contributed by atoms with Crippen molar-refractivity contribution in [3.8, 4) is 0 Å². The number of nitrogens with two attached hydrogens (primary N) is 1. The van der Waals surface area contributed by atoms with Crippen molar-refractivity contribution < 1.29 is 116 Å². The Kier molecular flexibility index (Phi) is 19.0. The quantitative estimate of drug-likeness (QED) is 0.0267. The first-order chi connectivity index (χ1) is 34.0. The minimum atomic E-state index is -5.46. The summed E-state index contributed by atoms with van der Waals surface area (Å²) in [4.78, 5) is -6.42. The van der Waals surface area contributed by atoms with Crippen LogP contribution in [0.3, 0.4) is 0 Å². The summed E-state index contributed by atoms with van der Waals surface area (Å²) in [6.45, 7) is -3.47. The number of rotatable bonds is 25. The fourth-order valence-electron chi connectivity index (χ4n) is 5.52. The number of nitrogen functional groups attached to an aromatic ring is 1. The van der Waals surface area contributed by atoms with E-state index in [1.807, 2.05) is 0 Å². The maximum Gasteiger partial charge on any atom is 0.397 e. The van der Waals surface area contributed by atoms with E-state index in [4.69, 9.17) is 19.4 Å². The Hall–Kier alpha value is -5.53. The van der Waals surface area contributed by atoms with E-state index in [0.29, 0.717) is 54.6 Å². The number of hydrogen-bond donors (Lipinski definition) is 8. The van der Waals surface area contributed by atoms with Gasteiger partial charge in [0.25, 0.3) is 30.4 Å². The molecule has 0 aliphatic rings. The molecule has 44 heteroatoms. The largest absolute Gasteiger partial charge is 0.397 e. The fourth-order valence-corrected chi connectivity index (χ4v) is 12.2. The van der Waals surface area contributed by atoms with Crippen molar-refractivity contribution in [2.75, 3.05) is 55.2 Å². The third-order valence-electron chi connectivity index (χ3n) is 8.79. The molecule has 0 saturated carbocycles. The van der Waals surface area contributed by atoms with Crippen LogP contribution in [0.5, 0.6) is 0 Å². The molecule has 0 spiro atoms. The molecule has 4 aromatic rings. The molecule has 0 unspecified atom stereocenters. The number of nitrogens with zero attached hydrogens (tertiary/aromatic N) is 6. The summed E-state index contributed by atoms with van der Waals surface area (Å²) in [6.07, 6.45) is 0. The molecule has 0 aliphatic carbocycles. The Bertz CT molecular complexity index is 4080. The molecule has 0 aliphatic heterocycles. The molecule has 9 N–H and O–H groups in total. The van der Waals surface area contributed by atoms with Crippen molar-refractivity contribution >= 4 is 137 Å². The Morgan fingerprint density at radius 2 is 0.693 bits per heavy atom. The lowest BCUT2D eigenvalue weighted by molar-refractivity contribution is 0.282. The summed E-state index contributed by atoms with van der Waals surface area (Å²) in [5.41, 5.74) is 0.653. The molecule has 0 fully saturated rings. The van der Waals surface area contributed by atoms with Crippen LogP contribution >= 0.6 is 0 Å². The zero-order chi connectivity index (χ0) is 57.0. The van der Waals surface area contributed by atoms with Crippen LogP contribution in [0.4, 0.5) is 45.5 Å². The SMILES string of the molecule is CNc1c(/N=N/c2ccc(S(=O)(=O)CCOS(=O)(=O)O)cc2S(=O)(=O)O)cc(/N=N/c2ccc(S(=O)(=O)CCOS(=O)(=O)O)cc2S(=O)(=O)O)c(N)c1/N=N/c1ccc(S(=O)(=O)CCOS(=O)(=O)O)cc1S(=O)(=O)O. The van der Waals surface area contributed by atoms with Gasteiger partial charge in [-0.2, -0.15) is 50.5 Å². The van der Waals surface area contributed by atoms with Gasteiger partial charge in [0.15, 0.2) is 29.5 Å². The van der Waals surface area contributed by atoms with Crippen molar-refractivity contribution in [2.45, 2.75) is 29.4 Å². The monoisotopic (exact) mass is 1240 g/mol. The van der Waals surface area contributed by atoms with E-state index in [0.717, 1.165) is 13.1 Å². The van der Waals surface area contributed by atoms with Gasteiger partial charge >= 0.3 is 31.2 Å². The van der Waals surface area contributed by atoms with E-state index in [2.05, 4.69) is 48.6 Å². The van der Waals surface area contributed by atoms with Gasteiger partial charge in [-0.1, -0.05) is 0 Å². The Labute approximate surface area is 425 Å². The average molecular weight is 1240 g/mol. The van der Waals surface area contributed by atoms with Crippen LogP contribution in [0, 0.1) is 0 Å². The van der Waals surface area contributed by atoms with Crippen molar-refractivity contribution in [2.24, 2.45) is 30.7 Å².